The lowest BCUT2D eigenvalue weighted by Gasteiger charge is -2.28. The third kappa shape index (κ3) is 3.10. The molecule has 2 unspecified atom stereocenters. The van der Waals surface area contributed by atoms with E-state index in [0.717, 1.165) is 25.0 Å². The molecule has 2 heteroatoms. The molecule has 0 bridgehead atoms. The van der Waals surface area contributed by atoms with Gasteiger partial charge in [-0.15, -0.1) is 0 Å². The van der Waals surface area contributed by atoms with E-state index in [0.29, 0.717) is 6.61 Å². The molecule has 1 N–H and O–H groups in total. The van der Waals surface area contributed by atoms with Crippen LogP contribution >= 0.6 is 0 Å². The first-order valence-electron chi connectivity index (χ1n) is 6.33. The van der Waals surface area contributed by atoms with Gasteiger partial charge in [0.05, 0.1) is 6.10 Å². The number of benzene rings is 1. The maximum absolute atomic E-state index is 10.0. The summed E-state index contributed by atoms with van der Waals surface area (Å²) < 4.78 is 5.52. The van der Waals surface area contributed by atoms with Crippen LogP contribution in [-0.4, -0.2) is 17.8 Å². The van der Waals surface area contributed by atoms with Crippen LogP contribution in [-0.2, 0) is 0 Å². The minimum atomic E-state index is -0.196. The van der Waals surface area contributed by atoms with Crippen molar-refractivity contribution in [3.05, 3.63) is 42.5 Å². The van der Waals surface area contributed by atoms with Gasteiger partial charge in [0.15, 0.2) is 0 Å². The van der Waals surface area contributed by atoms with Crippen LogP contribution in [0.2, 0.25) is 0 Å². The first-order chi connectivity index (χ1) is 8.31. The Bertz CT molecular complexity index is 373. The van der Waals surface area contributed by atoms with Crippen molar-refractivity contribution < 1.29 is 9.84 Å². The molecule has 1 aliphatic carbocycles. The fourth-order valence-electron chi connectivity index (χ4n) is 2.49. The summed E-state index contributed by atoms with van der Waals surface area (Å²) in [7, 11) is 0. The number of hydrogen-bond acceptors (Lipinski definition) is 2. The van der Waals surface area contributed by atoms with E-state index in [-0.39, 0.29) is 12.0 Å². The summed E-state index contributed by atoms with van der Waals surface area (Å²) in [6.45, 7) is 4.16. The van der Waals surface area contributed by atoms with Gasteiger partial charge in [-0.1, -0.05) is 37.6 Å². The molecule has 1 aromatic carbocycles. The van der Waals surface area contributed by atoms with Crippen molar-refractivity contribution in [2.45, 2.75) is 37.7 Å². The Morgan fingerprint density at radius 2 is 2.18 bits per heavy atom. The van der Waals surface area contributed by atoms with E-state index in [2.05, 4.69) is 12.6 Å². The molecular weight excluding hydrogens is 212 g/mol. The van der Waals surface area contributed by atoms with E-state index in [9.17, 15) is 5.11 Å². The Labute approximate surface area is 103 Å². The molecule has 0 amide bonds. The highest BCUT2D eigenvalue weighted by atomic mass is 16.5. The topological polar surface area (TPSA) is 29.5 Å². The van der Waals surface area contributed by atoms with Crippen LogP contribution in [0.25, 0.3) is 0 Å². The van der Waals surface area contributed by atoms with E-state index >= 15 is 0 Å². The van der Waals surface area contributed by atoms with Crippen LogP contribution < -0.4 is 4.74 Å². The zero-order valence-corrected chi connectivity index (χ0v) is 10.1. The molecule has 17 heavy (non-hydrogen) atoms. The van der Waals surface area contributed by atoms with Gasteiger partial charge in [-0.2, -0.15) is 0 Å². The molecule has 0 aliphatic heterocycles. The predicted molar refractivity (Wildman–Crippen MR) is 69.3 cm³/mol. The highest BCUT2D eigenvalue weighted by Crippen LogP contribution is 2.34. The maximum Gasteiger partial charge on any atom is 0.120 e. The minimum absolute atomic E-state index is 0.196. The summed E-state index contributed by atoms with van der Waals surface area (Å²) in [6, 6.07) is 8.07. The molecule has 1 aliphatic rings. The molecule has 92 valence electrons. The van der Waals surface area contributed by atoms with Gasteiger partial charge in [0.25, 0.3) is 0 Å². The van der Waals surface area contributed by atoms with Gasteiger partial charge in [-0.3, -0.25) is 0 Å². The molecule has 2 nitrogen and oxygen atoms in total. The van der Waals surface area contributed by atoms with Crippen LogP contribution in [0.5, 0.6) is 5.75 Å². The Kier molecular flexibility index (Phi) is 4.21. The lowest BCUT2D eigenvalue weighted by atomic mass is 9.82. The number of ether oxygens (including phenoxy) is 1. The fourth-order valence-corrected chi connectivity index (χ4v) is 2.49. The second-order valence-corrected chi connectivity index (χ2v) is 4.63. The predicted octanol–water partition coefficient (Wildman–Crippen LogP) is 3.27. The first kappa shape index (κ1) is 12.2. The average Bonchev–Trinajstić information content (AvgIpc) is 2.37. The zero-order chi connectivity index (χ0) is 12.1. The highest BCUT2D eigenvalue weighted by Gasteiger charge is 2.24. The third-order valence-corrected chi connectivity index (χ3v) is 3.38. The van der Waals surface area contributed by atoms with Gasteiger partial charge in [-0.25, -0.2) is 0 Å². The molecule has 2 rings (SSSR count). The molecular formula is C15H20O2. The monoisotopic (exact) mass is 232 g/mol. The Morgan fingerprint density at radius 3 is 2.94 bits per heavy atom. The van der Waals surface area contributed by atoms with Crippen LogP contribution in [0.4, 0.5) is 0 Å². The summed E-state index contributed by atoms with van der Waals surface area (Å²) in [5.74, 6) is 1.14. The van der Waals surface area contributed by atoms with Crippen LogP contribution in [0.3, 0.4) is 0 Å². The molecule has 0 aromatic heterocycles. The molecule has 0 heterocycles. The Balaban J connectivity index is 2.11. The van der Waals surface area contributed by atoms with E-state index in [1.807, 2.05) is 18.2 Å². The summed E-state index contributed by atoms with van der Waals surface area (Å²) in [5, 5.41) is 10.0. The lowest BCUT2D eigenvalue weighted by molar-refractivity contribution is 0.106. The number of rotatable bonds is 4. The lowest BCUT2D eigenvalue weighted by Crippen LogP contribution is -2.22. The standard InChI is InChI=1S/C15H20O2/c1-2-10-17-13-7-5-6-12(11-13)14-8-3-4-9-15(14)16/h2,5-7,11,14-16H,1,3-4,8-10H2. The van der Waals surface area contributed by atoms with E-state index in [1.165, 1.54) is 12.0 Å². The number of hydrogen-bond donors (Lipinski definition) is 1. The minimum Gasteiger partial charge on any atom is -0.490 e. The van der Waals surface area contributed by atoms with E-state index < -0.39 is 0 Å². The molecule has 1 saturated carbocycles. The second kappa shape index (κ2) is 5.87. The van der Waals surface area contributed by atoms with Crippen LogP contribution in [0.15, 0.2) is 36.9 Å². The number of aliphatic hydroxyl groups excluding tert-OH is 1. The van der Waals surface area contributed by atoms with Gasteiger partial charge >= 0.3 is 0 Å². The first-order valence-corrected chi connectivity index (χ1v) is 6.33. The Morgan fingerprint density at radius 1 is 1.35 bits per heavy atom. The Hall–Kier alpha value is -1.28. The van der Waals surface area contributed by atoms with Gasteiger partial charge in [0.1, 0.15) is 12.4 Å². The second-order valence-electron chi connectivity index (χ2n) is 4.63. The van der Waals surface area contributed by atoms with Crippen molar-refractivity contribution in [3.63, 3.8) is 0 Å². The van der Waals surface area contributed by atoms with Gasteiger partial charge < -0.3 is 9.84 Å². The molecule has 1 aromatic rings. The summed E-state index contributed by atoms with van der Waals surface area (Å²) >= 11 is 0. The molecule has 0 spiro atoms. The normalized spacial score (nSPS) is 24.3. The summed E-state index contributed by atoms with van der Waals surface area (Å²) in [4.78, 5) is 0. The van der Waals surface area contributed by atoms with Crippen molar-refractivity contribution in [2.75, 3.05) is 6.61 Å². The van der Waals surface area contributed by atoms with E-state index in [4.69, 9.17) is 4.74 Å². The van der Waals surface area contributed by atoms with Crippen molar-refractivity contribution in [1.29, 1.82) is 0 Å². The van der Waals surface area contributed by atoms with Crippen molar-refractivity contribution in [1.82, 2.24) is 0 Å². The van der Waals surface area contributed by atoms with Gasteiger partial charge in [-0.05, 0) is 30.5 Å². The van der Waals surface area contributed by atoms with Gasteiger partial charge in [0, 0.05) is 5.92 Å². The van der Waals surface area contributed by atoms with E-state index in [1.54, 1.807) is 6.08 Å². The smallest absolute Gasteiger partial charge is 0.120 e. The van der Waals surface area contributed by atoms with Crippen molar-refractivity contribution in [2.24, 2.45) is 0 Å². The molecule has 0 radical (unpaired) electrons. The summed E-state index contributed by atoms with van der Waals surface area (Å²) in [6.07, 6.45) is 5.89. The third-order valence-electron chi connectivity index (χ3n) is 3.38. The zero-order valence-electron chi connectivity index (χ0n) is 10.1. The molecule has 1 fully saturated rings. The average molecular weight is 232 g/mol. The molecule has 0 saturated heterocycles. The van der Waals surface area contributed by atoms with Crippen LogP contribution in [0, 0.1) is 0 Å². The fraction of sp³-hybridized carbons (Fsp3) is 0.467. The largest absolute Gasteiger partial charge is 0.490 e. The van der Waals surface area contributed by atoms with Crippen molar-refractivity contribution in [3.8, 4) is 5.75 Å². The quantitative estimate of drug-likeness (QED) is 0.807. The highest BCUT2D eigenvalue weighted by molar-refractivity contribution is 5.31. The number of aliphatic hydroxyl groups is 1. The van der Waals surface area contributed by atoms with Crippen LogP contribution in [0.1, 0.15) is 37.2 Å². The van der Waals surface area contributed by atoms with Crippen molar-refractivity contribution >= 4 is 0 Å². The SMILES string of the molecule is C=CCOc1cccc(C2CCCCC2O)c1. The molecule has 2 atom stereocenters. The summed E-state index contributed by atoms with van der Waals surface area (Å²) in [5.41, 5.74) is 1.19. The maximum atomic E-state index is 10.0. The van der Waals surface area contributed by atoms with Gasteiger partial charge in [0.2, 0.25) is 0 Å².